The molecule has 0 bridgehead atoms. The van der Waals surface area contributed by atoms with E-state index < -0.39 is 0 Å². The number of nitrogens with one attached hydrogen (secondary N) is 1. The van der Waals surface area contributed by atoms with Crippen molar-refractivity contribution in [3.8, 4) is 11.3 Å². The second-order valence-corrected chi connectivity index (χ2v) is 7.87. The number of hydrogen-bond acceptors (Lipinski definition) is 3. The van der Waals surface area contributed by atoms with Gasteiger partial charge in [-0.1, -0.05) is 25.1 Å². The molecule has 1 aliphatic rings. The second kappa shape index (κ2) is 8.75. The van der Waals surface area contributed by atoms with Gasteiger partial charge in [-0.3, -0.25) is 4.79 Å². The predicted octanol–water partition coefficient (Wildman–Crippen LogP) is 4.93. The van der Waals surface area contributed by atoms with Crippen molar-refractivity contribution in [1.29, 1.82) is 0 Å². The fraction of sp³-hybridized carbons (Fsp3) is 0.360. The lowest BCUT2D eigenvalue weighted by Crippen LogP contribution is -2.32. The van der Waals surface area contributed by atoms with Crippen LogP contribution in [0.1, 0.15) is 41.3 Å². The van der Waals surface area contributed by atoms with Crippen molar-refractivity contribution in [1.82, 2.24) is 10.3 Å². The lowest BCUT2D eigenvalue weighted by molar-refractivity contribution is 0.0642. The standard InChI is InChI=1S/C25H28N2O2/c1-3-18-4-9-23-22(15-18)17(2)14-24(27-23)20-5-7-21(8-6-20)25(28)26-16-19-10-12-29-13-11-19/h4-9,14-15,19H,3,10-13,16H2,1-2H3,(H,26,28). The van der Waals surface area contributed by atoms with E-state index in [0.717, 1.165) is 55.8 Å². The quantitative estimate of drug-likeness (QED) is 0.674. The predicted molar refractivity (Wildman–Crippen MR) is 117 cm³/mol. The maximum Gasteiger partial charge on any atom is 0.251 e. The molecular weight excluding hydrogens is 360 g/mol. The highest BCUT2D eigenvalue weighted by molar-refractivity contribution is 5.94. The van der Waals surface area contributed by atoms with Crippen LogP contribution in [-0.2, 0) is 11.2 Å². The van der Waals surface area contributed by atoms with Crippen molar-refractivity contribution < 1.29 is 9.53 Å². The Kier molecular flexibility index (Phi) is 5.91. The highest BCUT2D eigenvalue weighted by Crippen LogP contribution is 2.26. The van der Waals surface area contributed by atoms with E-state index in [1.807, 2.05) is 24.3 Å². The zero-order chi connectivity index (χ0) is 20.2. The van der Waals surface area contributed by atoms with Crippen LogP contribution < -0.4 is 5.32 Å². The van der Waals surface area contributed by atoms with Crippen molar-refractivity contribution >= 4 is 16.8 Å². The number of aromatic nitrogens is 1. The monoisotopic (exact) mass is 388 g/mol. The molecule has 4 rings (SSSR count). The van der Waals surface area contributed by atoms with Crippen LogP contribution >= 0.6 is 0 Å². The first-order valence-electron chi connectivity index (χ1n) is 10.5. The van der Waals surface area contributed by atoms with Gasteiger partial charge in [-0.2, -0.15) is 0 Å². The normalized spacial score (nSPS) is 14.8. The fourth-order valence-corrected chi connectivity index (χ4v) is 3.89. The van der Waals surface area contributed by atoms with E-state index in [9.17, 15) is 4.79 Å². The van der Waals surface area contributed by atoms with Gasteiger partial charge in [0.15, 0.2) is 0 Å². The molecule has 4 heteroatoms. The molecule has 0 spiro atoms. The van der Waals surface area contributed by atoms with Crippen LogP contribution in [0.25, 0.3) is 22.2 Å². The zero-order valence-corrected chi connectivity index (χ0v) is 17.2. The van der Waals surface area contributed by atoms with E-state index in [0.29, 0.717) is 11.5 Å². The SMILES string of the molecule is CCc1ccc2nc(-c3ccc(C(=O)NCC4CCOCC4)cc3)cc(C)c2c1. The van der Waals surface area contributed by atoms with E-state index in [-0.39, 0.29) is 5.91 Å². The number of nitrogens with zero attached hydrogens (tertiary/aromatic N) is 1. The number of rotatable bonds is 5. The molecule has 3 aromatic rings. The molecule has 0 radical (unpaired) electrons. The summed E-state index contributed by atoms with van der Waals surface area (Å²) in [6, 6.07) is 16.3. The van der Waals surface area contributed by atoms with Gasteiger partial charge in [-0.25, -0.2) is 4.98 Å². The van der Waals surface area contributed by atoms with Crippen molar-refractivity contribution in [3.05, 3.63) is 65.2 Å². The van der Waals surface area contributed by atoms with Gasteiger partial charge in [0.05, 0.1) is 11.2 Å². The summed E-state index contributed by atoms with van der Waals surface area (Å²) in [7, 11) is 0. The van der Waals surface area contributed by atoms with E-state index in [1.165, 1.54) is 16.5 Å². The number of fused-ring (bicyclic) bond motifs is 1. The average molecular weight is 389 g/mol. The third-order valence-corrected chi connectivity index (χ3v) is 5.82. The number of aryl methyl sites for hydroxylation is 2. The molecule has 0 atom stereocenters. The summed E-state index contributed by atoms with van der Waals surface area (Å²) in [4.78, 5) is 17.3. The van der Waals surface area contributed by atoms with Crippen LogP contribution in [0.15, 0.2) is 48.5 Å². The van der Waals surface area contributed by atoms with Crippen LogP contribution in [0, 0.1) is 12.8 Å². The number of carbonyl (C=O) groups excluding carboxylic acids is 1. The van der Waals surface area contributed by atoms with E-state index in [2.05, 4.69) is 43.4 Å². The van der Waals surface area contributed by atoms with Crippen LogP contribution in [-0.4, -0.2) is 30.6 Å². The molecule has 1 fully saturated rings. The van der Waals surface area contributed by atoms with Crippen LogP contribution in [0.3, 0.4) is 0 Å². The summed E-state index contributed by atoms with van der Waals surface area (Å²) in [6.45, 7) is 6.61. The topological polar surface area (TPSA) is 51.2 Å². The van der Waals surface area contributed by atoms with Crippen molar-refractivity contribution in [3.63, 3.8) is 0 Å². The first-order chi connectivity index (χ1) is 14.1. The summed E-state index contributed by atoms with van der Waals surface area (Å²) in [5, 5.41) is 4.27. The Morgan fingerprint density at radius 1 is 1.10 bits per heavy atom. The van der Waals surface area contributed by atoms with Gasteiger partial charge in [0.2, 0.25) is 0 Å². The lowest BCUT2D eigenvalue weighted by Gasteiger charge is -2.22. The molecule has 2 heterocycles. The molecule has 0 aliphatic carbocycles. The Labute approximate surface area is 172 Å². The van der Waals surface area contributed by atoms with Gasteiger partial charge in [-0.05, 0) is 73.6 Å². The Bertz CT molecular complexity index is 1010. The zero-order valence-electron chi connectivity index (χ0n) is 17.2. The van der Waals surface area contributed by atoms with Gasteiger partial charge in [0, 0.05) is 36.3 Å². The molecular formula is C25H28N2O2. The molecule has 0 unspecified atom stereocenters. The van der Waals surface area contributed by atoms with Crippen molar-refractivity contribution in [2.45, 2.75) is 33.1 Å². The van der Waals surface area contributed by atoms with Crippen molar-refractivity contribution in [2.75, 3.05) is 19.8 Å². The Balaban J connectivity index is 1.49. The number of ether oxygens (including phenoxy) is 1. The van der Waals surface area contributed by atoms with Gasteiger partial charge in [-0.15, -0.1) is 0 Å². The van der Waals surface area contributed by atoms with Gasteiger partial charge in [0.25, 0.3) is 5.91 Å². The van der Waals surface area contributed by atoms with E-state index >= 15 is 0 Å². The molecule has 1 N–H and O–H groups in total. The molecule has 1 aliphatic heterocycles. The van der Waals surface area contributed by atoms with Gasteiger partial charge < -0.3 is 10.1 Å². The third kappa shape index (κ3) is 4.48. The summed E-state index contributed by atoms with van der Waals surface area (Å²) < 4.78 is 5.37. The largest absolute Gasteiger partial charge is 0.381 e. The Morgan fingerprint density at radius 3 is 2.59 bits per heavy atom. The molecule has 1 saturated heterocycles. The third-order valence-electron chi connectivity index (χ3n) is 5.82. The summed E-state index contributed by atoms with van der Waals surface area (Å²) >= 11 is 0. The highest BCUT2D eigenvalue weighted by atomic mass is 16.5. The summed E-state index contributed by atoms with van der Waals surface area (Å²) in [6.07, 6.45) is 3.06. The number of benzene rings is 2. The fourth-order valence-electron chi connectivity index (χ4n) is 3.89. The summed E-state index contributed by atoms with van der Waals surface area (Å²) in [5.74, 6) is 0.503. The number of hydrogen-bond donors (Lipinski definition) is 1. The molecule has 1 amide bonds. The molecule has 29 heavy (non-hydrogen) atoms. The van der Waals surface area contributed by atoms with E-state index in [1.54, 1.807) is 0 Å². The number of amides is 1. The van der Waals surface area contributed by atoms with Crippen LogP contribution in [0.5, 0.6) is 0 Å². The molecule has 150 valence electrons. The number of pyridine rings is 1. The minimum absolute atomic E-state index is 0.0159. The Morgan fingerprint density at radius 2 is 1.86 bits per heavy atom. The second-order valence-electron chi connectivity index (χ2n) is 7.87. The minimum atomic E-state index is -0.0159. The van der Waals surface area contributed by atoms with Gasteiger partial charge in [0.1, 0.15) is 0 Å². The smallest absolute Gasteiger partial charge is 0.251 e. The molecule has 0 saturated carbocycles. The van der Waals surface area contributed by atoms with Crippen molar-refractivity contribution in [2.24, 2.45) is 5.92 Å². The van der Waals surface area contributed by atoms with Crippen LogP contribution in [0.2, 0.25) is 0 Å². The molecule has 4 nitrogen and oxygen atoms in total. The Hall–Kier alpha value is -2.72. The summed E-state index contributed by atoms with van der Waals surface area (Å²) in [5.41, 5.74) is 6.20. The van der Waals surface area contributed by atoms with E-state index in [4.69, 9.17) is 9.72 Å². The van der Waals surface area contributed by atoms with Crippen LogP contribution in [0.4, 0.5) is 0 Å². The molecule has 1 aromatic heterocycles. The molecule has 2 aromatic carbocycles. The maximum absolute atomic E-state index is 12.5. The first kappa shape index (κ1) is 19.6. The number of carbonyl (C=O) groups is 1. The first-order valence-corrected chi connectivity index (χ1v) is 10.5. The van der Waals surface area contributed by atoms with Gasteiger partial charge >= 0.3 is 0 Å². The minimum Gasteiger partial charge on any atom is -0.381 e. The lowest BCUT2D eigenvalue weighted by atomic mass is 10.00. The average Bonchev–Trinajstić information content (AvgIpc) is 2.78. The highest BCUT2D eigenvalue weighted by Gasteiger charge is 2.15. The maximum atomic E-state index is 12.5.